The first kappa shape index (κ1) is 21.4. The van der Waals surface area contributed by atoms with E-state index in [9.17, 15) is 15.8 Å². The molecule has 0 bridgehead atoms. The lowest BCUT2D eigenvalue weighted by Crippen LogP contribution is -2.47. The summed E-state index contributed by atoms with van der Waals surface area (Å²) in [5.41, 5.74) is -0.265. The fraction of sp³-hybridized carbons (Fsp3) is 0.500. The van der Waals surface area contributed by atoms with E-state index in [1.807, 2.05) is 24.3 Å². The Kier molecular flexibility index (Phi) is 6.43. The van der Waals surface area contributed by atoms with E-state index in [2.05, 4.69) is 25.1 Å². The predicted molar refractivity (Wildman–Crippen MR) is 112 cm³/mol. The number of fused-ring (bicyclic) bond motifs is 1. The monoisotopic (exact) mass is 402 g/mol. The summed E-state index contributed by atoms with van der Waals surface area (Å²) in [5, 5.41) is 38.5. The second kappa shape index (κ2) is 9.02. The minimum Gasteiger partial charge on any atom is -0.497 e. The zero-order valence-corrected chi connectivity index (χ0v) is 17.4. The molecule has 6 heteroatoms. The van der Waals surface area contributed by atoms with E-state index < -0.39 is 11.3 Å². The summed E-state index contributed by atoms with van der Waals surface area (Å²) in [6.07, 6.45) is 6.31. The van der Waals surface area contributed by atoms with Gasteiger partial charge in [0, 0.05) is 12.0 Å². The highest BCUT2D eigenvalue weighted by Gasteiger charge is 2.56. The van der Waals surface area contributed by atoms with Gasteiger partial charge in [-0.25, -0.2) is 0 Å². The molecule has 0 aromatic heterocycles. The number of hydrogen-bond acceptors (Lipinski definition) is 6. The molecule has 1 aromatic rings. The maximum atomic E-state index is 10.0. The van der Waals surface area contributed by atoms with Gasteiger partial charge in [-0.1, -0.05) is 25.5 Å². The summed E-state index contributed by atoms with van der Waals surface area (Å²) in [5.74, 6) is -0.0590. The minimum atomic E-state index is -1.66. The molecule has 1 saturated carbocycles. The predicted octanol–water partition coefficient (Wildman–Crippen LogP) is 4.89. The Bertz CT molecular complexity index is 962. The van der Waals surface area contributed by atoms with Crippen LogP contribution in [-0.4, -0.2) is 19.4 Å². The highest BCUT2D eigenvalue weighted by molar-refractivity contribution is 6.01. The van der Waals surface area contributed by atoms with Crippen molar-refractivity contribution in [3.05, 3.63) is 35.4 Å². The van der Waals surface area contributed by atoms with Crippen LogP contribution in [0.3, 0.4) is 0 Å². The van der Waals surface area contributed by atoms with Crippen LogP contribution in [0.4, 0.5) is 0 Å². The fourth-order valence-corrected chi connectivity index (χ4v) is 4.69. The van der Waals surface area contributed by atoms with E-state index in [0.717, 1.165) is 37.7 Å². The van der Waals surface area contributed by atoms with Crippen molar-refractivity contribution in [3.63, 3.8) is 0 Å². The van der Waals surface area contributed by atoms with E-state index in [4.69, 9.17) is 14.9 Å². The third-order valence-corrected chi connectivity index (χ3v) is 6.23. The molecule has 30 heavy (non-hydrogen) atoms. The largest absolute Gasteiger partial charge is 0.497 e. The maximum absolute atomic E-state index is 10.0. The Morgan fingerprint density at radius 1 is 1.23 bits per heavy atom. The number of nitrogens with zero attached hydrogens (tertiary/aromatic N) is 3. The first-order valence-corrected chi connectivity index (χ1v) is 10.4. The summed E-state index contributed by atoms with van der Waals surface area (Å²) >= 11 is 0. The van der Waals surface area contributed by atoms with Crippen LogP contribution in [0.15, 0.2) is 29.8 Å². The number of unbranched alkanes of at least 4 members (excludes halogenated alkanes) is 1. The summed E-state index contributed by atoms with van der Waals surface area (Å²) < 4.78 is 11.4. The van der Waals surface area contributed by atoms with Crippen molar-refractivity contribution in [1.29, 1.82) is 21.2 Å². The van der Waals surface area contributed by atoms with Gasteiger partial charge in [0.15, 0.2) is 0 Å². The Balaban J connectivity index is 2.16. The van der Waals surface area contributed by atoms with Gasteiger partial charge in [0.1, 0.15) is 11.5 Å². The second-order valence-corrected chi connectivity index (χ2v) is 7.82. The van der Waals surface area contributed by atoms with Gasteiger partial charge in [-0.15, -0.1) is 0 Å². The number of allylic oxidation sites excluding steroid dienone is 2. The van der Waals surface area contributed by atoms with Crippen molar-refractivity contribution in [3.8, 4) is 29.7 Å². The van der Waals surface area contributed by atoms with Crippen molar-refractivity contribution in [1.82, 2.24) is 0 Å². The van der Waals surface area contributed by atoms with Gasteiger partial charge in [-0.2, -0.15) is 15.8 Å². The lowest BCUT2D eigenvalue weighted by atomic mass is 9.54. The van der Waals surface area contributed by atoms with Crippen LogP contribution in [0.5, 0.6) is 11.5 Å². The molecule has 0 amide bonds. The fourth-order valence-electron chi connectivity index (χ4n) is 4.69. The molecule has 0 saturated heterocycles. The molecular formula is C24H26N4O2. The lowest BCUT2D eigenvalue weighted by Gasteiger charge is -2.45. The molecule has 1 aromatic carbocycles. The molecule has 6 nitrogen and oxygen atoms in total. The number of benzene rings is 1. The number of nitriles is 3. The Labute approximate surface area is 177 Å². The highest BCUT2D eigenvalue weighted by Crippen LogP contribution is 2.55. The molecule has 0 spiro atoms. The normalized spacial score (nSPS) is 24.4. The maximum Gasteiger partial charge on any atom is 0.203 e. The molecule has 0 radical (unpaired) electrons. The molecular weight excluding hydrogens is 376 g/mol. The van der Waals surface area contributed by atoms with Crippen molar-refractivity contribution >= 4 is 5.71 Å². The second-order valence-electron chi connectivity index (χ2n) is 7.82. The van der Waals surface area contributed by atoms with Gasteiger partial charge >= 0.3 is 0 Å². The zero-order chi connectivity index (χ0) is 21.7. The zero-order valence-electron chi connectivity index (χ0n) is 17.4. The first-order valence-electron chi connectivity index (χ1n) is 10.4. The first-order chi connectivity index (χ1) is 14.6. The van der Waals surface area contributed by atoms with Crippen LogP contribution in [-0.2, 0) is 0 Å². The molecule has 1 N–H and O–H groups in total. The Morgan fingerprint density at radius 2 is 2.00 bits per heavy atom. The van der Waals surface area contributed by atoms with Gasteiger partial charge in [0.25, 0.3) is 0 Å². The number of rotatable bonds is 6. The quantitative estimate of drug-likeness (QED) is 0.537. The Hall–Kier alpha value is -3.30. The standard InChI is InChI=1S/C24H26N4O2/c1-3-4-11-30-21-12-16(29-2)9-10-18(21)22-17-7-5-6-8-20(17)24(14-26,15-27)23(28)19(22)13-25/h8-10,12,17,19,22,28H,3-7,11H2,1-2H3/t17-,19?,22-/m0/s1. The Morgan fingerprint density at radius 3 is 2.63 bits per heavy atom. The van der Waals surface area contributed by atoms with Crippen LogP contribution >= 0.6 is 0 Å². The summed E-state index contributed by atoms with van der Waals surface area (Å²) in [6.45, 7) is 2.64. The number of methoxy groups -OCH3 is 1. The number of ether oxygens (including phenoxy) is 2. The van der Waals surface area contributed by atoms with Crippen molar-refractivity contribution in [2.75, 3.05) is 13.7 Å². The molecule has 1 fully saturated rings. The molecule has 0 heterocycles. The van der Waals surface area contributed by atoms with Crippen LogP contribution in [0, 0.1) is 56.7 Å². The average Bonchev–Trinajstić information content (AvgIpc) is 2.79. The van der Waals surface area contributed by atoms with Crippen LogP contribution in [0.25, 0.3) is 0 Å². The molecule has 1 unspecified atom stereocenters. The summed E-state index contributed by atoms with van der Waals surface area (Å²) in [7, 11) is 1.59. The van der Waals surface area contributed by atoms with E-state index in [0.29, 0.717) is 23.7 Å². The van der Waals surface area contributed by atoms with E-state index in [1.165, 1.54) is 0 Å². The smallest absolute Gasteiger partial charge is 0.203 e. The molecule has 2 aliphatic carbocycles. The van der Waals surface area contributed by atoms with E-state index >= 15 is 0 Å². The van der Waals surface area contributed by atoms with Crippen LogP contribution < -0.4 is 9.47 Å². The average molecular weight is 402 g/mol. The van der Waals surface area contributed by atoms with E-state index in [-0.39, 0.29) is 17.5 Å². The summed E-state index contributed by atoms with van der Waals surface area (Å²) in [6, 6.07) is 11.9. The number of hydrogen-bond donors (Lipinski definition) is 1. The van der Waals surface area contributed by atoms with Gasteiger partial charge in [-0.05, 0) is 48.8 Å². The van der Waals surface area contributed by atoms with Gasteiger partial charge in [0.05, 0.1) is 43.6 Å². The van der Waals surface area contributed by atoms with E-state index in [1.54, 1.807) is 7.11 Å². The topological polar surface area (TPSA) is 114 Å². The summed E-state index contributed by atoms with van der Waals surface area (Å²) in [4.78, 5) is 0. The molecule has 0 aliphatic heterocycles. The molecule has 154 valence electrons. The molecule has 3 atom stereocenters. The van der Waals surface area contributed by atoms with Crippen molar-refractivity contribution < 1.29 is 9.47 Å². The third-order valence-electron chi connectivity index (χ3n) is 6.23. The molecule has 3 rings (SSSR count). The molecule has 2 aliphatic rings. The van der Waals surface area contributed by atoms with Crippen LogP contribution in [0.1, 0.15) is 50.5 Å². The van der Waals surface area contributed by atoms with Gasteiger partial charge in [0.2, 0.25) is 5.41 Å². The van der Waals surface area contributed by atoms with Crippen molar-refractivity contribution in [2.24, 2.45) is 17.3 Å². The van der Waals surface area contributed by atoms with Gasteiger partial charge < -0.3 is 14.9 Å². The van der Waals surface area contributed by atoms with Crippen LogP contribution in [0.2, 0.25) is 0 Å². The number of nitrogens with one attached hydrogen (secondary N) is 1. The van der Waals surface area contributed by atoms with Crippen molar-refractivity contribution in [2.45, 2.75) is 44.9 Å². The highest BCUT2D eigenvalue weighted by atomic mass is 16.5. The lowest BCUT2D eigenvalue weighted by molar-refractivity contribution is 0.287. The minimum absolute atomic E-state index is 0.125. The SMILES string of the molecule is CCCCOc1cc(OC)ccc1[C@H]1C(C#N)C(=N)C(C#N)(C#N)C2=CCCC[C@@H]21. The third kappa shape index (κ3) is 3.42. The van der Waals surface area contributed by atoms with Gasteiger partial charge in [-0.3, -0.25) is 0 Å².